The van der Waals surface area contributed by atoms with E-state index < -0.39 is 38.7 Å². The number of hydrogen-bond acceptors (Lipinski definition) is 7. The Kier molecular flexibility index (Phi) is 8.42. The summed E-state index contributed by atoms with van der Waals surface area (Å²) in [5, 5.41) is 2.24. The van der Waals surface area contributed by atoms with Crippen LogP contribution in [0, 0.1) is 12.7 Å². The molecule has 12 heteroatoms. The molecule has 4 rings (SSSR count). The van der Waals surface area contributed by atoms with E-state index in [9.17, 15) is 27.2 Å². The SMILES string of the molecule is Cc1ccc(S(=O)(=O)C(NC(=O)c2cccs2)C(=O)N2CCN(C(=O)COc3ccccc3F)CC2)cc1. The topological polar surface area (TPSA) is 113 Å². The number of ether oxygens (including phenoxy) is 1. The molecule has 38 heavy (non-hydrogen) atoms. The van der Waals surface area contributed by atoms with Crippen LogP contribution >= 0.6 is 11.3 Å². The molecule has 2 aromatic carbocycles. The van der Waals surface area contributed by atoms with Gasteiger partial charge in [-0.05, 0) is 42.6 Å². The van der Waals surface area contributed by atoms with Crippen molar-refractivity contribution < 1.29 is 31.9 Å². The van der Waals surface area contributed by atoms with Gasteiger partial charge in [0.05, 0.1) is 9.77 Å². The summed E-state index contributed by atoms with van der Waals surface area (Å²) in [5.41, 5.74) is 0.842. The average Bonchev–Trinajstić information content (AvgIpc) is 3.46. The molecule has 1 aromatic heterocycles. The summed E-state index contributed by atoms with van der Waals surface area (Å²) >= 11 is 1.12. The Bertz CT molecular complexity index is 1400. The van der Waals surface area contributed by atoms with Gasteiger partial charge >= 0.3 is 0 Å². The number of nitrogens with one attached hydrogen (secondary N) is 1. The molecule has 1 saturated heterocycles. The highest BCUT2D eigenvalue weighted by Gasteiger charge is 2.39. The van der Waals surface area contributed by atoms with Crippen molar-refractivity contribution in [1.29, 1.82) is 0 Å². The van der Waals surface area contributed by atoms with E-state index in [2.05, 4.69) is 5.32 Å². The molecule has 0 saturated carbocycles. The third-order valence-corrected chi connectivity index (χ3v) is 8.76. The highest BCUT2D eigenvalue weighted by Crippen LogP contribution is 2.20. The Hall–Kier alpha value is -3.77. The quantitative estimate of drug-likeness (QED) is 0.454. The van der Waals surface area contributed by atoms with E-state index in [1.54, 1.807) is 36.6 Å². The average molecular weight is 560 g/mol. The number of para-hydroxylation sites is 1. The largest absolute Gasteiger partial charge is 0.481 e. The maximum absolute atomic E-state index is 13.7. The van der Waals surface area contributed by atoms with E-state index in [1.165, 1.54) is 46.2 Å². The molecular formula is C26H26FN3O6S2. The number of thiophene rings is 1. The summed E-state index contributed by atoms with van der Waals surface area (Å²) < 4.78 is 46.0. The molecule has 1 N–H and O–H groups in total. The number of nitrogens with zero attached hydrogens (tertiary/aromatic N) is 2. The fourth-order valence-corrected chi connectivity index (χ4v) is 5.96. The van der Waals surface area contributed by atoms with E-state index in [1.807, 2.05) is 0 Å². The molecule has 1 atom stereocenters. The van der Waals surface area contributed by atoms with Crippen molar-refractivity contribution in [3.05, 3.63) is 82.3 Å². The number of piperazine rings is 1. The summed E-state index contributed by atoms with van der Waals surface area (Å²) in [4.78, 5) is 41.8. The first-order chi connectivity index (χ1) is 18.2. The number of rotatable bonds is 8. The van der Waals surface area contributed by atoms with Gasteiger partial charge in [-0.2, -0.15) is 0 Å². The molecule has 1 aliphatic heterocycles. The Morgan fingerprint density at radius 2 is 1.63 bits per heavy atom. The van der Waals surface area contributed by atoms with Gasteiger partial charge in [0.1, 0.15) is 0 Å². The molecule has 200 valence electrons. The van der Waals surface area contributed by atoms with Crippen molar-refractivity contribution in [2.45, 2.75) is 17.2 Å². The maximum atomic E-state index is 13.7. The molecule has 2 heterocycles. The number of carbonyl (C=O) groups excluding carboxylic acids is 3. The minimum absolute atomic E-state index is 0.0414. The lowest BCUT2D eigenvalue weighted by molar-refractivity contribution is -0.140. The second-order valence-corrected chi connectivity index (χ2v) is 11.6. The molecule has 1 unspecified atom stereocenters. The standard InChI is InChI=1S/C26H26FN3O6S2/c1-18-8-10-19(11-9-18)38(34,35)25(28-24(32)22-7-4-16-37-22)26(33)30-14-12-29(13-15-30)23(31)17-36-21-6-3-2-5-20(21)27/h2-11,16,25H,12-15,17H2,1H3,(H,28,32). The zero-order valence-electron chi connectivity index (χ0n) is 20.5. The molecular weight excluding hydrogens is 533 g/mol. The predicted molar refractivity (Wildman–Crippen MR) is 139 cm³/mol. The number of carbonyl (C=O) groups is 3. The minimum Gasteiger partial charge on any atom is -0.481 e. The van der Waals surface area contributed by atoms with Gasteiger partial charge in [0.2, 0.25) is 15.2 Å². The lowest BCUT2D eigenvalue weighted by atomic mass is 10.2. The van der Waals surface area contributed by atoms with Gasteiger partial charge in [0, 0.05) is 26.2 Å². The Labute approximate surface area is 223 Å². The lowest BCUT2D eigenvalue weighted by Crippen LogP contribution is -2.58. The fourth-order valence-electron chi connectivity index (χ4n) is 3.87. The molecule has 3 aromatic rings. The number of benzene rings is 2. The zero-order valence-corrected chi connectivity index (χ0v) is 22.1. The van der Waals surface area contributed by atoms with Crippen LogP contribution in [0.2, 0.25) is 0 Å². The van der Waals surface area contributed by atoms with Crippen molar-refractivity contribution in [2.24, 2.45) is 0 Å². The maximum Gasteiger partial charge on any atom is 0.262 e. The molecule has 1 aliphatic rings. The van der Waals surface area contributed by atoms with Crippen LogP contribution < -0.4 is 10.1 Å². The van der Waals surface area contributed by atoms with Crippen LogP contribution in [0.25, 0.3) is 0 Å². The van der Waals surface area contributed by atoms with E-state index in [0.29, 0.717) is 0 Å². The highest BCUT2D eigenvalue weighted by molar-refractivity contribution is 7.92. The van der Waals surface area contributed by atoms with E-state index in [0.717, 1.165) is 16.9 Å². The van der Waals surface area contributed by atoms with Gasteiger partial charge in [-0.25, -0.2) is 12.8 Å². The lowest BCUT2D eigenvalue weighted by Gasteiger charge is -2.36. The number of hydrogen-bond donors (Lipinski definition) is 1. The van der Waals surface area contributed by atoms with E-state index in [-0.39, 0.29) is 48.3 Å². The Morgan fingerprint density at radius 3 is 2.26 bits per heavy atom. The van der Waals surface area contributed by atoms with Crippen LogP contribution in [-0.4, -0.2) is 74.1 Å². The molecule has 9 nitrogen and oxygen atoms in total. The monoisotopic (exact) mass is 559 g/mol. The first-order valence-corrected chi connectivity index (χ1v) is 14.2. The van der Waals surface area contributed by atoms with Gasteiger partial charge in [0.15, 0.2) is 18.2 Å². The molecule has 3 amide bonds. The van der Waals surface area contributed by atoms with Gasteiger partial charge in [0.25, 0.3) is 17.7 Å². The second-order valence-electron chi connectivity index (χ2n) is 8.61. The minimum atomic E-state index is -4.28. The summed E-state index contributed by atoms with van der Waals surface area (Å²) in [6.45, 7) is 1.79. The third-order valence-electron chi connectivity index (χ3n) is 6.02. The molecule has 0 spiro atoms. The summed E-state index contributed by atoms with van der Waals surface area (Å²) in [5.74, 6) is -2.48. The molecule has 0 bridgehead atoms. The van der Waals surface area contributed by atoms with Crippen LogP contribution in [0.1, 0.15) is 15.2 Å². The number of sulfone groups is 1. The highest BCUT2D eigenvalue weighted by atomic mass is 32.2. The molecule has 1 fully saturated rings. The predicted octanol–water partition coefficient (Wildman–Crippen LogP) is 2.48. The smallest absolute Gasteiger partial charge is 0.262 e. The zero-order chi connectivity index (χ0) is 27.3. The fraction of sp³-hybridized carbons (Fsp3) is 0.269. The van der Waals surface area contributed by atoms with Crippen LogP contribution in [0.5, 0.6) is 5.75 Å². The van der Waals surface area contributed by atoms with Crippen LogP contribution in [0.4, 0.5) is 4.39 Å². The number of halogens is 1. The third kappa shape index (κ3) is 6.20. The van der Waals surface area contributed by atoms with Gasteiger partial charge < -0.3 is 19.9 Å². The van der Waals surface area contributed by atoms with Crippen LogP contribution in [0.15, 0.2) is 70.9 Å². The van der Waals surface area contributed by atoms with Crippen LogP contribution in [0.3, 0.4) is 0 Å². The number of aryl methyl sites for hydroxylation is 1. The number of amides is 3. The van der Waals surface area contributed by atoms with Crippen molar-refractivity contribution >= 4 is 38.9 Å². The van der Waals surface area contributed by atoms with Crippen LogP contribution in [-0.2, 0) is 19.4 Å². The Morgan fingerprint density at radius 1 is 0.974 bits per heavy atom. The first-order valence-electron chi connectivity index (χ1n) is 11.8. The van der Waals surface area contributed by atoms with Gasteiger partial charge in [-0.1, -0.05) is 35.9 Å². The first kappa shape index (κ1) is 27.3. The summed E-state index contributed by atoms with van der Waals surface area (Å²) in [7, 11) is -4.28. The van der Waals surface area contributed by atoms with E-state index >= 15 is 0 Å². The normalized spacial score (nSPS) is 14.6. The second kappa shape index (κ2) is 11.7. The van der Waals surface area contributed by atoms with Crippen molar-refractivity contribution in [1.82, 2.24) is 15.1 Å². The molecule has 0 radical (unpaired) electrons. The van der Waals surface area contributed by atoms with E-state index in [4.69, 9.17) is 4.74 Å². The van der Waals surface area contributed by atoms with Gasteiger partial charge in [-0.3, -0.25) is 14.4 Å². The summed E-state index contributed by atoms with van der Waals surface area (Å²) in [6.07, 6.45) is 0. The van der Waals surface area contributed by atoms with Gasteiger partial charge in [-0.15, -0.1) is 11.3 Å². The van der Waals surface area contributed by atoms with Crippen molar-refractivity contribution in [3.63, 3.8) is 0 Å². The van der Waals surface area contributed by atoms with Crippen molar-refractivity contribution in [2.75, 3.05) is 32.8 Å². The van der Waals surface area contributed by atoms with Crippen molar-refractivity contribution in [3.8, 4) is 5.75 Å². The Balaban J connectivity index is 1.45. The molecule has 0 aliphatic carbocycles. The summed E-state index contributed by atoms with van der Waals surface area (Å²) in [6, 6.07) is 14.9.